The number of halogens is 3. The average Bonchev–Trinajstić information content (AvgIpc) is 2.01. The van der Waals surface area contributed by atoms with E-state index in [4.69, 9.17) is 0 Å². The number of ether oxygens (including phenoxy) is 1. The maximum atomic E-state index is 11.8. The van der Waals surface area contributed by atoms with Crippen LogP contribution in [0, 0.1) is 13.7 Å². The first-order valence-corrected chi connectivity index (χ1v) is 4.46. The Morgan fingerprint density at radius 3 is 2.57 bits per heavy atom. The Bertz CT molecular complexity index is 359. The van der Waals surface area contributed by atoms with Crippen molar-refractivity contribution >= 4 is 28.3 Å². The predicted molar refractivity (Wildman–Crippen MR) is 52.4 cm³/mol. The van der Waals surface area contributed by atoms with E-state index in [2.05, 4.69) is 4.74 Å². The highest BCUT2D eigenvalue weighted by Crippen LogP contribution is 2.24. The molecule has 0 saturated carbocycles. The molecule has 0 atom stereocenters. The van der Waals surface area contributed by atoms with Crippen molar-refractivity contribution in [1.29, 1.82) is 0 Å². The zero-order valence-corrected chi connectivity index (χ0v) is 8.77. The highest BCUT2D eigenvalue weighted by atomic mass is 127. The molecule has 7 heteroatoms. The number of nitrogens with zero attached hydrogens (tertiary/aromatic N) is 1. The van der Waals surface area contributed by atoms with Crippen molar-refractivity contribution in [2.24, 2.45) is 0 Å². The van der Waals surface area contributed by atoms with Gasteiger partial charge in [0.05, 0.1) is 11.0 Å². The van der Waals surface area contributed by atoms with Gasteiger partial charge < -0.3 is 4.74 Å². The summed E-state index contributed by atoms with van der Waals surface area (Å²) >= 11 is 1.78. The van der Waals surface area contributed by atoms with E-state index in [-0.39, 0.29) is 11.4 Å². The monoisotopic (exact) mass is 315 g/mol. The van der Waals surface area contributed by atoms with E-state index < -0.39 is 11.5 Å². The molecule has 76 valence electrons. The van der Waals surface area contributed by atoms with Gasteiger partial charge in [-0.05, 0) is 28.7 Å². The zero-order valence-electron chi connectivity index (χ0n) is 6.62. The molecule has 1 aromatic carbocycles. The lowest BCUT2D eigenvalue weighted by Gasteiger charge is -2.04. The lowest BCUT2D eigenvalue weighted by molar-refractivity contribution is -0.385. The van der Waals surface area contributed by atoms with Crippen LogP contribution in [-0.2, 0) is 0 Å². The third-order valence-electron chi connectivity index (χ3n) is 1.29. The number of hydrogen-bond donors (Lipinski definition) is 0. The number of alkyl halides is 2. The largest absolute Gasteiger partial charge is 0.435 e. The molecular weight excluding hydrogens is 311 g/mol. The van der Waals surface area contributed by atoms with Gasteiger partial charge in [0.15, 0.2) is 0 Å². The van der Waals surface area contributed by atoms with Crippen molar-refractivity contribution < 1.29 is 18.4 Å². The molecule has 0 heterocycles. The second kappa shape index (κ2) is 4.49. The van der Waals surface area contributed by atoms with Crippen molar-refractivity contribution in [3.8, 4) is 5.75 Å². The van der Waals surface area contributed by atoms with Crippen LogP contribution in [0.4, 0.5) is 14.5 Å². The molecule has 14 heavy (non-hydrogen) atoms. The summed E-state index contributed by atoms with van der Waals surface area (Å²) < 4.78 is 28.1. The van der Waals surface area contributed by atoms with E-state index in [1.54, 1.807) is 22.6 Å². The zero-order chi connectivity index (χ0) is 10.7. The third kappa shape index (κ3) is 3.05. The van der Waals surface area contributed by atoms with Crippen LogP contribution in [0.25, 0.3) is 0 Å². The topological polar surface area (TPSA) is 52.4 Å². The summed E-state index contributed by atoms with van der Waals surface area (Å²) in [6.45, 7) is -2.98. The van der Waals surface area contributed by atoms with Crippen LogP contribution in [0.15, 0.2) is 18.2 Å². The second-order valence-corrected chi connectivity index (χ2v) is 3.53. The molecule has 0 radical (unpaired) electrons. The van der Waals surface area contributed by atoms with Gasteiger partial charge in [0.1, 0.15) is 5.75 Å². The first-order chi connectivity index (χ1) is 6.49. The smallest absolute Gasteiger partial charge is 0.387 e. The Labute approximate surface area is 91.2 Å². The van der Waals surface area contributed by atoms with Crippen molar-refractivity contribution in [2.75, 3.05) is 0 Å². The fourth-order valence-corrected chi connectivity index (χ4v) is 1.45. The fraction of sp³-hybridized carbons (Fsp3) is 0.143. The van der Waals surface area contributed by atoms with E-state index in [1.807, 2.05) is 0 Å². The fourth-order valence-electron chi connectivity index (χ4n) is 0.824. The van der Waals surface area contributed by atoms with Gasteiger partial charge in [0, 0.05) is 9.64 Å². The summed E-state index contributed by atoms with van der Waals surface area (Å²) in [5.74, 6) is -0.210. The normalized spacial score (nSPS) is 10.3. The molecule has 0 unspecified atom stereocenters. The molecule has 0 N–H and O–H groups in total. The first-order valence-electron chi connectivity index (χ1n) is 3.39. The van der Waals surface area contributed by atoms with E-state index in [0.29, 0.717) is 3.57 Å². The molecule has 0 bridgehead atoms. The molecule has 0 aliphatic carbocycles. The molecule has 1 rings (SSSR count). The Balaban J connectivity index is 3.01. The number of hydrogen-bond acceptors (Lipinski definition) is 3. The van der Waals surface area contributed by atoms with Gasteiger partial charge in [-0.3, -0.25) is 10.1 Å². The summed E-state index contributed by atoms with van der Waals surface area (Å²) in [5.41, 5.74) is -0.271. The summed E-state index contributed by atoms with van der Waals surface area (Å²) in [5, 5.41) is 10.4. The molecule has 0 fully saturated rings. The molecule has 0 aliphatic rings. The highest BCUT2D eigenvalue weighted by molar-refractivity contribution is 14.1. The molecule has 4 nitrogen and oxygen atoms in total. The third-order valence-corrected chi connectivity index (χ3v) is 1.91. The summed E-state index contributed by atoms with van der Waals surface area (Å²) in [7, 11) is 0. The Morgan fingerprint density at radius 1 is 1.43 bits per heavy atom. The Morgan fingerprint density at radius 2 is 2.07 bits per heavy atom. The number of non-ortho nitro benzene ring substituents is 1. The summed E-state index contributed by atoms with van der Waals surface area (Å²) in [6.07, 6.45) is 0. The average molecular weight is 315 g/mol. The van der Waals surface area contributed by atoms with Crippen LogP contribution in [0.2, 0.25) is 0 Å². The van der Waals surface area contributed by atoms with Crippen LogP contribution >= 0.6 is 22.6 Å². The quantitative estimate of drug-likeness (QED) is 0.490. The molecule has 1 aromatic rings. The van der Waals surface area contributed by atoms with Gasteiger partial charge >= 0.3 is 6.61 Å². The van der Waals surface area contributed by atoms with Gasteiger partial charge in [0.25, 0.3) is 5.69 Å². The van der Waals surface area contributed by atoms with Gasteiger partial charge in [0.2, 0.25) is 0 Å². The van der Waals surface area contributed by atoms with Crippen LogP contribution in [0.3, 0.4) is 0 Å². The number of benzene rings is 1. The Hall–Kier alpha value is -0.990. The van der Waals surface area contributed by atoms with Crippen LogP contribution < -0.4 is 4.74 Å². The summed E-state index contributed by atoms with van der Waals surface area (Å²) in [4.78, 5) is 9.68. The van der Waals surface area contributed by atoms with Crippen molar-refractivity contribution in [3.63, 3.8) is 0 Å². The maximum absolute atomic E-state index is 11.8. The standard InChI is InChI=1S/C7H4F2INO3/c8-7(9)14-6-2-4(10)1-5(3-6)11(12)13/h1-3,7H. The first kappa shape index (κ1) is 11.1. The number of nitro benzene ring substituents is 1. The molecular formula is C7H4F2INO3. The van der Waals surface area contributed by atoms with Crippen molar-refractivity contribution in [1.82, 2.24) is 0 Å². The highest BCUT2D eigenvalue weighted by Gasteiger charge is 2.12. The molecule has 0 spiro atoms. The van der Waals surface area contributed by atoms with Crippen molar-refractivity contribution in [3.05, 3.63) is 31.9 Å². The molecule has 0 amide bonds. The predicted octanol–water partition coefficient (Wildman–Crippen LogP) is 2.80. The minimum Gasteiger partial charge on any atom is -0.435 e. The maximum Gasteiger partial charge on any atom is 0.387 e. The van der Waals surface area contributed by atoms with E-state index in [1.165, 1.54) is 12.1 Å². The van der Waals surface area contributed by atoms with E-state index in [0.717, 1.165) is 6.07 Å². The second-order valence-electron chi connectivity index (χ2n) is 2.28. The van der Waals surface area contributed by atoms with Gasteiger partial charge in [-0.2, -0.15) is 8.78 Å². The summed E-state index contributed by atoms with van der Waals surface area (Å²) in [6, 6.07) is 3.51. The van der Waals surface area contributed by atoms with Gasteiger partial charge in [-0.1, -0.05) is 0 Å². The molecule has 0 aliphatic heterocycles. The molecule has 0 saturated heterocycles. The van der Waals surface area contributed by atoms with E-state index >= 15 is 0 Å². The van der Waals surface area contributed by atoms with Crippen LogP contribution in [0.1, 0.15) is 0 Å². The molecule has 0 aromatic heterocycles. The van der Waals surface area contributed by atoms with Crippen LogP contribution in [0.5, 0.6) is 5.75 Å². The number of nitro groups is 1. The Kier molecular flexibility index (Phi) is 3.55. The minimum atomic E-state index is -2.98. The lowest BCUT2D eigenvalue weighted by Crippen LogP contribution is -2.02. The van der Waals surface area contributed by atoms with E-state index in [9.17, 15) is 18.9 Å². The van der Waals surface area contributed by atoms with Crippen LogP contribution in [-0.4, -0.2) is 11.5 Å². The number of rotatable bonds is 3. The minimum absolute atomic E-state index is 0.210. The van der Waals surface area contributed by atoms with Gasteiger partial charge in [-0.15, -0.1) is 0 Å². The van der Waals surface area contributed by atoms with Crippen molar-refractivity contribution in [2.45, 2.75) is 6.61 Å². The SMILES string of the molecule is O=[N+]([O-])c1cc(I)cc(OC(F)F)c1. The lowest BCUT2D eigenvalue weighted by atomic mass is 10.3. The van der Waals surface area contributed by atoms with Gasteiger partial charge in [-0.25, -0.2) is 0 Å².